The van der Waals surface area contributed by atoms with Gasteiger partial charge in [-0.2, -0.15) is 0 Å². The molecule has 3 N–H and O–H groups in total. The lowest BCUT2D eigenvalue weighted by Crippen LogP contribution is -2.30. The Morgan fingerprint density at radius 3 is 2.63 bits per heavy atom. The van der Waals surface area contributed by atoms with Crippen LogP contribution >= 0.6 is 0 Å². The molecular weight excluding hydrogens is 442 g/mol. The van der Waals surface area contributed by atoms with Crippen molar-refractivity contribution in [1.29, 1.82) is 0 Å². The molecule has 35 heavy (non-hydrogen) atoms. The van der Waals surface area contributed by atoms with E-state index in [4.69, 9.17) is 4.98 Å². The van der Waals surface area contributed by atoms with Crippen LogP contribution in [0.15, 0.2) is 42.9 Å². The van der Waals surface area contributed by atoms with Crippen LogP contribution in [0.3, 0.4) is 0 Å². The summed E-state index contributed by atoms with van der Waals surface area (Å²) in [6.07, 6.45) is 10.3. The van der Waals surface area contributed by atoms with E-state index in [0.29, 0.717) is 35.0 Å². The van der Waals surface area contributed by atoms with Crippen molar-refractivity contribution in [3.8, 4) is 22.6 Å². The van der Waals surface area contributed by atoms with Crippen LogP contribution in [0.4, 0.5) is 16.3 Å². The summed E-state index contributed by atoms with van der Waals surface area (Å²) < 4.78 is 0. The first-order chi connectivity index (χ1) is 16.9. The number of nitrogens with zero attached hydrogens (tertiary/aromatic N) is 4. The number of hydrogen-bond acceptors (Lipinski definition) is 6. The standard InChI is InChI=1S/C26H29N7O2/c1-16-20(14-19(15-30-16)31-25(35)29-12-9-26(2)7-8-26)23-28-11-6-21(32-23)18-5-10-27-22(13-18)33-24(34)17-3-4-17/h5-6,10-11,13-15,17H,3-4,7-9,12H2,1-2H3,(H,27,33,34)(H2,29,31,35). The van der Waals surface area contributed by atoms with E-state index in [1.165, 1.54) is 12.8 Å². The largest absolute Gasteiger partial charge is 0.338 e. The first-order valence-corrected chi connectivity index (χ1v) is 12.0. The molecule has 9 heteroatoms. The Morgan fingerprint density at radius 1 is 1.06 bits per heavy atom. The quantitative estimate of drug-likeness (QED) is 0.442. The number of hydrogen-bond donors (Lipinski definition) is 3. The highest BCUT2D eigenvalue weighted by molar-refractivity contribution is 5.93. The monoisotopic (exact) mass is 471 g/mol. The van der Waals surface area contributed by atoms with Crippen LogP contribution in [-0.4, -0.2) is 38.4 Å². The molecule has 0 atom stereocenters. The molecule has 0 saturated heterocycles. The van der Waals surface area contributed by atoms with Gasteiger partial charge in [0.25, 0.3) is 0 Å². The molecule has 0 aliphatic heterocycles. The molecule has 2 fully saturated rings. The van der Waals surface area contributed by atoms with Crippen molar-refractivity contribution in [1.82, 2.24) is 25.3 Å². The number of amides is 3. The lowest BCUT2D eigenvalue weighted by atomic mass is 10.1. The predicted molar refractivity (Wildman–Crippen MR) is 134 cm³/mol. The Hall–Kier alpha value is -3.88. The van der Waals surface area contributed by atoms with Crippen molar-refractivity contribution in [3.05, 3.63) is 48.5 Å². The van der Waals surface area contributed by atoms with Crippen LogP contribution in [0, 0.1) is 18.3 Å². The van der Waals surface area contributed by atoms with Crippen LogP contribution in [-0.2, 0) is 4.79 Å². The van der Waals surface area contributed by atoms with E-state index in [2.05, 4.69) is 37.8 Å². The summed E-state index contributed by atoms with van der Waals surface area (Å²) in [4.78, 5) is 42.3. The molecule has 2 aliphatic rings. The molecule has 180 valence electrons. The van der Waals surface area contributed by atoms with Gasteiger partial charge in [-0.05, 0) is 68.7 Å². The lowest BCUT2D eigenvalue weighted by Gasteiger charge is -2.12. The average Bonchev–Trinajstić information content (AvgIpc) is 3.78. The van der Waals surface area contributed by atoms with E-state index in [1.54, 1.807) is 18.6 Å². The highest BCUT2D eigenvalue weighted by Crippen LogP contribution is 2.47. The Bertz CT molecular complexity index is 1270. The van der Waals surface area contributed by atoms with Gasteiger partial charge in [-0.1, -0.05) is 6.92 Å². The van der Waals surface area contributed by atoms with Gasteiger partial charge in [0, 0.05) is 41.7 Å². The fourth-order valence-electron chi connectivity index (χ4n) is 3.83. The summed E-state index contributed by atoms with van der Waals surface area (Å²) in [5.41, 5.74) is 3.96. The Labute approximate surface area is 204 Å². The predicted octanol–water partition coefficient (Wildman–Crippen LogP) is 4.57. The third kappa shape index (κ3) is 5.79. The maximum Gasteiger partial charge on any atom is 0.319 e. The number of carbonyl (C=O) groups excluding carboxylic acids is 2. The zero-order valence-corrected chi connectivity index (χ0v) is 20.0. The maximum absolute atomic E-state index is 12.3. The minimum Gasteiger partial charge on any atom is -0.338 e. The minimum absolute atomic E-state index is 0.00909. The number of urea groups is 1. The van der Waals surface area contributed by atoms with Gasteiger partial charge in [-0.25, -0.2) is 19.7 Å². The fourth-order valence-corrected chi connectivity index (χ4v) is 3.83. The topological polar surface area (TPSA) is 122 Å². The summed E-state index contributed by atoms with van der Waals surface area (Å²) in [7, 11) is 0. The maximum atomic E-state index is 12.3. The van der Waals surface area contributed by atoms with Crippen molar-refractivity contribution in [2.45, 2.75) is 46.0 Å². The van der Waals surface area contributed by atoms with Gasteiger partial charge in [0.05, 0.1) is 17.6 Å². The normalized spacial score (nSPS) is 15.8. The third-order valence-corrected chi connectivity index (χ3v) is 6.61. The second-order valence-corrected chi connectivity index (χ2v) is 9.76. The summed E-state index contributed by atoms with van der Waals surface area (Å²) in [5, 5.41) is 8.64. The van der Waals surface area contributed by atoms with E-state index < -0.39 is 0 Å². The molecule has 3 aromatic rings. The molecule has 0 aromatic carbocycles. The molecule has 0 unspecified atom stereocenters. The molecule has 0 spiro atoms. The lowest BCUT2D eigenvalue weighted by molar-refractivity contribution is -0.117. The molecule has 3 aromatic heterocycles. The van der Waals surface area contributed by atoms with Gasteiger partial charge in [0.1, 0.15) is 5.82 Å². The second-order valence-electron chi connectivity index (χ2n) is 9.76. The number of aryl methyl sites for hydroxylation is 1. The van der Waals surface area contributed by atoms with E-state index in [1.807, 2.05) is 31.2 Å². The molecule has 3 amide bonds. The number of anilines is 2. The van der Waals surface area contributed by atoms with Crippen LogP contribution in [0.25, 0.3) is 22.6 Å². The van der Waals surface area contributed by atoms with Crippen molar-refractivity contribution in [3.63, 3.8) is 0 Å². The number of carbonyl (C=O) groups is 2. The highest BCUT2D eigenvalue weighted by Gasteiger charge is 2.36. The number of pyridine rings is 2. The van der Waals surface area contributed by atoms with E-state index in [0.717, 1.165) is 36.1 Å². The van der Waals surface area contributed by atoms with Gasteiger partial charge < -0.3 is 16.0 Å². The van der Waals surface area contributed by atoms with Crippen LogP contribution in [0.1, 0.15) is 44.7 Å². The Kier molecular flexibility index (Phi) is 6.15. The molecular formula is C26H29N7O2. The highest BCUT2D eigenvalue weighted by atomic mass is 16.2. The first kappa shape index (κ1) is 22.9. The molecule has 2 aliphatic carbocycles. The smallest absolute Gasteiger partial charge is 0.319 e. The van der Waals surface area contributed by atoms with Crippen molar-refractivity contribution >= 4 is 23.4 Å². The Morgan fingerprint density at radius 2 is 1.86 bits per heavy atom. The van der Waals surface area contributed by atoms with Gasteiger partial charge in [0.2, 0.25) is 5.91 Å². The van der Waals surface area contributed by atoms with Crippen molar-refractivity contribution in [2.75, 3.05) is 17.2 Å². The first-order valence-electron chi connectivity index (χ1n) is 12.0. The Balaban J connectivity index is 1.30. The third-order valence-electron chi connectivity index (χ3n) is 6.61. The van der Waals surface area contributed by atoms with Crippen molar-refractivity contribution < 1.29 is 9.59 Å². The van der Waals surface area contributed by atoms with Crippen LogP contribution in [0.5, 0.6) is 0 Å². The summed E-state index contributed by atoms with van der Waals surface area (Å²) in [6, 6.07) is 7.04. The number of aromatic nitrogens is 4. The summed E-state index contributed by atoms with van der Waals surface area (Å²) >= 11 is 0. The number of rotatable bonds is 8. The zero-order chi connectivity index (χ0) is 24.4. The average molecular weight is 472 g/mol. The van der Waals surface area contributed by atoms with Crippen molar-refractivity contribution in [2.24, 2.45) is 11.3 Å². The summed E-state index contributed by atoms with van der Waals surface area (Å²) in [5.74, 6) is 1.12. The van der Waals surface area contributed by atoms with Crippen LogP contribution < -0.4 is 16.0 Å². The molecule has 2 saturated carbocycles. The zero-order valence-electron chi connectivity index (χ0n) is 20.0. The summed E-state index contributed by atoms with van der Waals surface area (Å²) in [6.45, 7) is 4.77. The fraction of sp³-hybridized carbons (Fsp3) is 0.385. The van der Waals surface area contributed by atoms with Gasteiger partial charge in [0.15, 0.2) is 5.82 Å². The van der Waals surface area contributed by atoms with Crippen LogP contribution in [0.2, 0.25) is 0 Å². The minimum atomic E-state index is -0.252. The van der Waals surface area contributed by atoms with E-state index in [-0.39, 0.29) is 17.9 Å². The molecule has 0 bridgehead atoms. The van der Waals surface area contributed by atoms with E-state index in [9.17, 15) is 9.59 Å². The van der Waals surface area contributed by atoms with Gasteiger partial charge in [-0.3, -0.25) is 9.78 Å². The van der Waals surface area contributed by atoms with Gasteiger partial charge in [-0.15, -0.1) is 0 Å². The SMILES string of the molecule is Cc1ncc(NC(=O)NCCC2(C)CC2)cc1-c1nccc(-c2ccnc(NC(=O)C3CC3)c2)n1. The number of nitrogens with one attached hydrogen (secondary N) is 3. The molecule has 5 rings (SSSR count). The molecule has 9 nitrogen and oxygen atoms in total. The van der Waals surface area contributed by atoms with E-state index >= 15 is 0 Å². The molecule has 3 heterocycles. The second kappa shape index (κ2) is 9.40. The van der Waals surface area contributed by atoms with Gasteiger partial charge >= 0.3 is 6.03 Å². The molecule has 0 radical (unpaired) electrons.